The molecule has 2 atom stereocenters. The van der Waals surface area contributed by atoms with Crippen LogP contribution in [0.4, 0.5) is 0 Å². The maximum Gasteiger partial charge on any atom is 0.226 e. The van der Waals surface area contributed by atoms with Gasteiger partial charge in [-0.25, -0.2) is 0 Å². The molecular weight excluding hydrogens is 252 g/mol. The number of aliphatic hydroxyl groups is 1. The molecule has 0 aliphatic carbocycles. The molecule has 1 amide bonds. The van der Waals surface area contributed by atoms with Crippen LogP contribution in [0.25, 0.3) is 0 Å². The number of aromatic amines is 1. The van der Waals surface area contributed by atoms with Crippen LogP contribution >= 0.6 is 0 Å². The van der Waals surface area contributed by atoms with Crippen molar-refractivity contribution in [1.29, 1.82) is 0 Å². The average molecular weight is 272 g/mol. The van der Waals surface area contributed by atoms with Crippen LogP contribution in [0.1, 0.15) is 18.2 Å². The van der Waals surface area contributed by atoms with E-state index in [1.807, 2.05) is 49.4 Å². The monoisotopic (exact) mass is 272 g/mol. The molecule has 0 spiro atoms. The number of carbonyl (C=O) groups excluding carboxylic acids is 1. The number of aliphatic hydroxyl groups excluding tert-OH is 1. The third kappa shape index (κ3) is 4.24. The highest BCUT2D eigenvalue weighted by molar-refractivity contribution is 5.78. The van der Waals surface area contributed by atoms with Crippen molar-refractivity contribution >= 4 is 5.91 Å². The lowest BCUT2D eigenvalue weighted by Crippen LogP contribution is -2.42. The van der Waals surface area contributed by atoms with Crippen molar-refractivity contribution in [2.75, 3.05) is 0 Å². The summed E-state index contributed by atoms with van der Waals surface area (Å²) < 4.78 is 0. The summed E-state index contributed by atoms with van der Waals surface area (Å²) in [6.07, 6.45) is 2.03. The minimum Gasteiger partial charge on any atom is -0.391 e. The van der Waals surface area contributed by atoms with Gasteiger partial charge >= 0.3 is 0 Å². The van der Waals surface area contributed by atoms with Gasteiger partial charge in [0.05, 0.1) is 18.6 Å². The number of hydrogen-bond donors (Lipinski definition) is 3. The largest absolute Gasteiger partial charge is 0.391 e. The van der Waals surface area contributed by atoms with Crippen molar-refractivity contribution < 1.29 is 9.90 Å². The van der Waals surface area contributed by atoms with E-state index in [2.05, 4.69) is 10.3 Å². The fourth-order valence-electron chi connectivity index (χ4n) is 2.08. The van der Waals surface area contributed by atoms with Gasteiger partial charge in [-0.1, -0.05) is 30.3 Å². The van der Waals surface area contributed by atoms with E-state index >= 15 is 0 Å². The first-order valence-electron chi connectivity index (χ1n) is 6.79. The van der Waals surface area contributed by atoms with E-state index in [1.165, 1.54) is 0 Å². The molecule has 0 saturated heterocycles. The van der Waals surface area contributed by atoms with Crippen molar-refractivity contribution in [2.24, 2.45) is 0 Å². The Hall–Kier alpha value is -2.07. The summed E-state index contributed by atoms with van der Waals surface area (Å²) in [6, 6.07) is 13.2. The summed E-state index contributed by atoms with van der Waals surface area (Å²) in [5, 5.41) is 13.0. The highest BCUT2D eigenvalue weighted by Gasteiger charge is 2.17. The Kier molecular flexibility index (Phi) is 4.96. The Morgan fingerprint density at radius 1 is 1.25 bits per heavy atom. The lowest BCUT2D eigenvalue weighted by atomic mass is 10.0. The number of nitrogens with one attached hydrogen (secondary N) is 2. The molecule has 2 rings (SSSR count). The van der Waals surface area contributed by atoms with Gasteiger partial charge in [0.25, 0.3) is 0 Å². The van der Waals surface area contributed by atoms with E-state index in [-0.39, 0.29) is 11.9 Å². The first-order chi connectivity index (χ1) is 9.65. The Bertz CT molecular complexity index is 523. The van der Waals surface area contributed by atoms with Crippen LogP contribution in [-0.4, -0.2) is 28.1 Å². The zero-order chi connectivity index (χ0) is 14.4. The summed E-state index contributed by atoms with van der Waals surface area (Å²) in [7, 11) is 0. The van der Waals surface area contributed by atoms with E-state index in [9.17, 15) is 9.90 Å². The number of hydrogen-bond acceptors (Lipinski definition) is 2. The maximum atomic E-state index is 11.8. The Morgan fingerprint density at radius 2 is 2.00 bits per heavy atom. The van der Waals surface area contributed by atoms with Gasteiger partial charge in [0.1, 0.15) is 0 Å². The number of benzene rings is 1. The third-order valence-electron chi connectivity index (χ3n) is 3.27. The van der Waals surface area contributed by atoms with Gasteiger partial charge in [-0.3, -0.25) is 4.79 Å². The smallest absolute Gasteiger partial charge is 0.226 e. The first-order valence-corrected chi connectivity index (χ1v) is 6.79. The summed E-state index contributed by atoms with van der Waals surface area (Å²) in [4.78, 5) is 14.8. The molecule has 0 fully saturated rings. The van der Waals surface area contributed by atoms with Gasteiger partial charge in [0, 0.05) is 18.3 Å². The number of amides is 1. The van der Waals surface area contributed by atoms with Gasteiger partial charge in [0.15, 0.2) is 0 Å². The molecule has 1 aromatic carbocycles. The summed E-state index contributed by atoms with van der Waals surface area (Å²) >= 11 is 0. The molecule has 0 aliphatic heterocycles. The van der Waals surface area contributed by atoms with Gasteiger partial charge in [0.2, 0.25) is 5.91 Å². The highest BCUT2D eigenvalue weighted by Crippen LogP contribution is 2.06. The van der Waals surface area contributed by atoms with E-state index in [1.54, 1.807) is 6.20 Å². The van der Waals surface area contributed by atoms with Crippen LogP contribution in [0, 0.1) is 0 Å². The van der Waals surface area contributed by atoms with Crippen molar-refractivity contribution in [3.8, 4) is 0 Å². The molecule has 0 radical (unpaired) electrons. The van der Waals surface area contributed by atoms with Gasteiger partial charge in [-0.05, 0) is 24.6 Å². The molecule has 4 nitrogen and oxygen atoms in total. The molecule has 20 heavy (non-hydrogen) atoms. The van der Waals surface area contributed by atoms with Crippen LogP contribution < -0.4 is 5.32 Å². The standard InChI is InChI=1S/C16H20N2O2/c1-12(15(19)10-13-6-3-2-4-7-13)18-16(20)11-14-8-5-9-17-14/h2-9,12,15,17,19H,10-11H2,1H3,(H,18,20). The molecular formula is C16H20N2O2. The number of rotatable bonds is 6. The predicted molar refractivity (Wildman–Crippen MR) is 78.3 cm³/mol. The molecule has 0 saturated carbocycles. The molecule has 1 aromatic heterocycles. The van der Waals surface area contributed by atoms with E-state index in [4.69, 9.17) is 0 Å². The SMILES string of the molecule is CC(NC(=O)Cc1ccc[nH]1)C(O)Cc1ccccc1. The molecule has 2 unspecified atom stereocenters. The Morgan fingerprint density at radius 3 is 2.65 bits per heavy atom. The second-order valence-corrected chi connectivity index (χ2v) is 4.99. The summed E-state index contributed by atoms with van der Waals surface area (Å²) in [5.41, 5.74) is 1.93. The van der Waals surface area contributed by atoms with Gasteiger partial charge in [-0.15, -0.1) is 0 Å². The van der Waals surface area contributed by atoms with Crippen molar-refractivity contribution in [3.63, 3.8) is 0 Å². The zero-order valence-electron chi connectivity index (χ0n) is 11.5. The zero-order valence-corrected chi connectivity index (χ0v) is 11.5. The first kappa shape index (κ1) is 14.3. The summed E-state index contributed by atoms with van der Waals surface area (Å²) in [6.45, 7) is 1.82. The second kappa shape index (κ2) is 6.91. The van der Waals surface area contributed by atoms with Crippen LogP contribution in [-0.2, 0) is 17.6 Å². The van der Waals surface area contributed by atoms with Gasteiger partial charge < -0.3 is 15.4 Å². The molecule has 3 N–H and O–H groups in total. The lowest BCUT2D eigenvalue weighted by Gasteiger charge is -2.20. The summed E-state index contributed by atoms with van der Waals surface area (Å²) in [5.74, 6) is -0.0907. The number of aromatic nitrogens is 1. The fraction of sp³-hybridized carbons (Fsp3) is 0.312. The van der Waals surface area contributed by atoms with Crippen LogP contribution in [0.2, 0.25) is 0 Å². The van der Waals surface area contributed by atoms with Crippen molar-refractivity contribution in [3.05, 3.63) is 59.9 Å². The molecule has 106 valence electrons. The van der Waals surface area contributed by atoms with E-state index in [0.29, 0.717) is 12.8 Å². The van der Waals surface area contributed by atoms with E-state index < -0.39 is 6.10 Å². The Balaban J connectivity index is 1.81. The molecule has 2 aromatic rings. The third-order valence-corrected chi connectivity index (χ3v) is 3.27. The average Bonchev–Trinajstić information content (AvgIpc) is 2.92. The molecule has 4 heteroatoms. The lowest BCUT2D eigenvalue weighted by molar-refractivity contribution is -0.121. The van der Waals surface area contributed by atoms with Crippen molar-refractivity contribution in [1.82, 2.24) is 10.3 Å². The number of carbonyl (C=O) groups is 1. The maximum absolute atomic E-state index is 11.8. The van der Waals surface area contributed by atoms with Crippen LogP contribution in [0.3, 0.4) is 0 Å². The van der Waals surface area contributed by atoms with Gasteiger partial charge in [-0.2, -0.15) is 0 Å². The highest BCUT2D eigenvalue weighted by atomic mass is 16.3. The van der Waals surface area contributed by atoms with Crippen molar-refractivity contribution in [2.45, 2.75) is 31.9 Å². The van der Waals surface area contributed by atoms with E-state index in [0.717, 1.165) is 11.3 Å². The molecule has 0 aliphatic rings. The Labute approximate surface area is 118 Å². The normalized spacial score (nSPS) is 13.7. The molecule has 1 heterocycles. The predicted octanol–water partition coefficient (Wildman–Crippen LogP) is 1.67. The fourth-order valence-corrected chi connectivity index (χ4v) is 2.08. The quantitative estimate of drug-likeness (QED) is 0.749. The topological polar surface area (TPSA) is 65.1 Å². The van der Waals surface area contributed by atoms with Crippen LogP contribution in [0.15, 0.2) is 48.7 Å². The number of H-pyrrole nitrogens is 1. The van der Waals surface area contributed by atoms with Crippen LogP contribution in [0.5, 0.6) is 0 Å². The minimum absolute atomic E-state index is 0.0907. The molecule has 0 bridgehead atoms. The second-order valence-electron chi connectivity index (χ2n) is 4.99. The minimum atomic E-state index is -0.593.